The van der Waals surface area contributed by atoms with Gasteiger partial charge in [-0.1, -0.05) is 0 Å². The molecule has 0 aromatic heterocycles. The summed E-state index contributed by atoms with van der Waals surface area (Å²) in [7, 11) is 0. The first-order chi connectivity index (χ1) is 1.41. The van der Waals surface area contributed by atoms with E-state index in [1.807, 2.05) is 0 Å². The van der Waals surface area contributed by atoms with Crippen LogP contribution in [0, 0.1) is 0 Å². The third-order valence-electron chi connectivity index (χ3n) is 0. The van der Waals surface area contributed by atoms with Crippen molar-refractivity contribution in [3.05, 3.63) is 0 Å². The van der Waals surface area contributed by atoms with E-state index in [0.29, 0.717) is 0 Å². The van der Waals surface area contributed by atoms with Gasteiger partial charge in [0.05, 0.1) is 0 Å². The molecular formula is H3KO2S. The van der Waals surface area contributed by atoms with E-state index in [1.165, 1.54) is 0 Å². The van der Waals surface area contributed by atoms with Crippen molar-refractivity contribution in [3.8, 4) is 0 Å². The van der Waals surface area contributed by atoms with Crippen LogP contribution in [0.3, 0.4) is 0 Å². The second kappa shape index (κ2) is 8.86. The molecule has 0 heterocycles. The van der Waals surface area contributed by atoms with Crippen LogP contribution in [-0.2, 0) is 0 Å². The zero-order valence-electron chi connectivity index (χ0n) is 1.30. The van der Waals surface area contributed by atoms with Crippen molar-refractivity contribution in [1.82, 2.24) is 0 Å². The van der Waals surface area contributed by atoms with E-state index in [-0.39, 0.29) is 63.7 Å². The molecule has 2 nitrogen and oxygen atoms in total. The Morgan fingerprint density at radius 1 is 1.25 bits per heavy atom. The Morgan fingerprint density at radius 3 is 1.25 bits per heavy atom. The molecule has 0 atom stereocenters. The SMILES string of the molecule is OSO.[KH]. The predicted molar refractivity (Wildman–Crippen MR) is 20.0 cm³/mol. The normalized spacial score (nSPS) is 4.50. The predicted octanol–water partition coefficient (Wildman–Crippen LogP) is 0.0171. The molecule has 0 aromatic carbocycles. The van der Waals surface area contributed by atoms with Crippen LogP contribution < -0.4 is 0 Å². The molecule has 0 radical (unpaired) electrons. The van der Waals surface area contributed by atoms with Gasteiger partial charge < -0.3 is 9.11 Å². The summed E-state index contributed by atoms with van der Waals surface area (Å²) < 4.78 is 14.1. The van der Waals surface area contributed by atoms with Gasteiger partial charge in [0.25, 0.3) is 0 Å². The summed E-state index contributed by atoms with van der Waals surface area (Å²) in [5.41, 5.74) is 0. The fourth-order valence-corrected chi connectivity index (χ4v) is 0. The van der Waals surface area contributed by atoms with Crippen LogP contribution in [0.4, 0.5) is 0 Å². The molecule has 4 heteroatoms. The maximum absolute atomic E-state index is 7.04. The molecule has 0 bridgehead atoms. The first kappa shape index (κ1) is 9.32. The van der Waals surface area contributed by atoms with Crippen LogP contribution in [0.2, 0.25) is 0 Å². The van der Waals surface area contributed by atoms with Gasteiger partial charge in [0, 0.05) is 0 Å². The van der Waals surface area contributed by atoms with E-state index < -0.39 is 0 Å². The Labute approximate surface area is 71.4 Å². The molecule has 0 amide bonds. The molecular weight excluding hydrogens is 103 g/mol. The third-order valence-corrected chi connectivity index (χ3v) is 0. The molecule has 0 aliphatic heterocycles. The Kier molecular flexibility index (Phi) is 20.6. The maximum atomic E-state index is 7.04. The fraction of sp³-hybridized carbons (Fsp3) is 0. The summed E-state index contributed by atoms with van der Waals surface area (Å²) in [5.74, 6) is 0. The zero-order valence-corrected chi connectivity index (χ0v) is 2.12. The summed E-state index contributed by atoms with van der Waals surface area (Å²) in [6.07, 6.45) is 0. The summed E-state index contributed by atoms with van der Waals surface area (Å²) >= 11 is -0.250. The average molecular weight is 106 g/mol. The molecule has 2 N–H and O–H groups in total. The van der Waals surface area contributed by atoms with Gasteiger partial charge in [-0.25, -0.2) is 0 Å². The van der Waals surface area contributed by atoms with Gasteiger partial charge in [-0.05, 0) is 0 Å². The van der Waals surface area contributed by atoms with E-state index in [2.05, 4.69) is 0 Å². The Balaban J connectivity index is 0. The molecule has 0 aromatic rings. The summed E-state index contributed by atoms with van der Waals surface area (Å²) in [6.45, 7) is 0. The van der Waals surface area contributed by atoms with Crippen LogP contribution in [0.15, 0.2) is 0 Å². The minimum atomic E-state index is -0.250. The van der Waals surface area contributed by atoms with Crippen molar-refractivity contribution >= 4 is 63.7 Å². The van der Waals surface area contributed by atoms with Crippen molar-refractivity contribution in [2.24, 2.45) is 0 Å². The zero-order chi connectivity index (χ0) is 2.71. The van der Waals surface area contributed by atoms with Crippen molar-refractivity contribution < 1.29 is 9.11 Å². The number of hydrogen-bond donors (Lipinski definition) is 2. The van der Waals surface area contributed by atoms with Gasteiger partial charge in [0.2, 0.25) is 0 Å². The molecule has 0 saturated heterocycles. The molecule has 0 rings (SSSR count). The van der Waals surface area contributed by atoms with Gasteiger partial charge in [-0.15, -0.1) is 0 Å². The topological polar surface area (TPSA) is 40.5 Å². The van der Waals surface area contributed by atoms with Crippen molar-refractivity contribution in [1.29, 1.82) is 0 Å². The molecule has 0 saturated carbocycles. The van der Waals surface area contributed by atoms with Crippen LogP contribution in [0.25, 0.3) is 0 Å². The minimum absolute atomic E-state index is 0. The Hall–Kier alpha value is 1.91. The average Bonchev–Trinajstić information content (AvgIpc) is 0.918. The first-order valence-electron chi connectivity index (χ1n) is 0.365. The standard InChI is InChI=1S/K.H2O2S.H/c;1-3-2;/h;1-2H;. The molecule has 0 unspecified atom stereocenters. The summed E-state index contributed by atoms with van der Waals surface area (Å²) in [5, 5.41) is 0. The van der Waals surface area contributed by atoms with Crippen LogP contribution in [0.1, 0.15) is 0 Å². The van der Waals surface area contributed by atoms with E-state index >= 15 is 0 Å². The molecule has 0 aliphatic rings. The number of hydrogen-bond acceptors (Lipinski definition) is 3. The fourth-order valence-electron chi connectivity index (χ4n) is 0. The molecule has 0 aliphatic carbocycles. The molecule has 0 fully saturated rings. The van der Waals surface area contributed by atoms with Crippen molar-refractivity contribution in [2.75, 3.05) is 0 Å². The van der Waals surface area contributed by atoms with E-state index in [1.54, 1.807) is 0 Å². The van der Waals surface area contributed by atoms with Gasteiger partial charge in [-0.2, -0.15) is 0 Å². The first-order valence-corrected chi connectivity index (χ1v) is 1.10. The second-order valence-corrected chi connectivity index (χ2v) is 0.245. The van der Waals surface area contributed by atoms with Crippen LogP contribution in [-0.4, -0.2) is 60.5 Å². The number of rotatable bonds is 0. The molecule has 22 valence electrons. The monoisotopic (exact) mass is 106 g/mol. The van der Waals surface area contributed by atoms with E-state index in [4.69, 9.17) is 9.11 Å². The van der Waals surface area contributed by atoms with Crippen molar-refractivity contribution in [3.63, 3.8) is 0 Å². The van der Waals surface area contributed by atoms with Gasteiger partial charge in [0.1, 0.15) is 0 Å². The van der Waals surface area contributed by atoms with Gasteiger partial charge in [-0.3, -0.25) is 0 Å². The Bertz CT molecular complexity index is 6.00. The summed E-state index contributed by atoms with van der Waals surface area (Å²) in [4.78, 5) is 0. The van der Waals surface area contributed by atoms with E-state index in [0.717, 1.165) is 0 Å². The summed E-state index contributed by atoms with van der Waals surface area (Å²) in [6, 6.07) is 0. The van der Waals surface area contributed by atoms with Gasteiger partial charge in [0.15, 0.2) is 12.3 Å². The molecule has 0 spiro atoms. The van der Waals surface area contributed by atoms with Gasteiger partial charge >= 0.3 is 51.4 Å². The molecule has 4 heavy (non-hydrogen) atoms. The van der Waals surface area contributed by atoms with E-state index in [9.17, 15) is 0 Å². The Morgan fingerprint density at radius 2 is 1.25 bits per heavy atom. The van der Waals surface area contributed by atoms with Crippen molar-refractivity contribution in [2.45, 2.75) is 0 Å². The van der Waals surface area contributed by atoms with Crippen LogP contribution >= 0.6 is 12.3 Å². The quantitative estimate of drug-likeness (QED) is 0.338. The van der Waals surface area contributed by atoms with Crippen LogP contribution in [0.5, 0.6) is 0 Å². The second-order valence-electron chi connectivity index (χ2n) is 0.0816. The third kappa shape index (κ3) is 9.08.